The quantitative estimate of drug-likeness (QED) is 0.152. The van der Waals surface area contributed by atoms with Gasteiger partial charge in [0.1, 0.15) is 6.73 Å². The molecule has 1 fully saturated rings. The lowest BCUT2D eigenvalue weighted by molar-refractivity contribution is 0.0791. The number of anilines is 2. The summed E-state index contributed by atoms with van der Waals surface area (Å²) in [6, 6.07) is 8.14. The van der Waals surface area contributed by atoms with E-state index in [0.29, 0.717) is 38.3 Å². The van der Waals surface area contributed by atoms with E-state index in [2.05, 4.69) is 46.1 Å². The number of nitrogens with zero attached hydrogens (tertiary/aromatic N) is 6. The molecular weight excluding hydrogens is 602 g/mol. The molecule has 2 N–H and O–H groups in total. The number of hydrogen-bond donors (Lipinski definition) is 2. The van der Waals surface area contributed by atoms with Crippen molar-refractivity contribution in [1.82, 2.24) is 29.0 Å². The lowest BCUT2D eigenvalue weighted by Crippen LogP contribution is -2.33. The zero-order chi connectivity index (χ0) is 31.5. The first kappa shape index (κ1) is 32.6. The predicted molar refractivity (Wildman–Crippen MR) is 171 cm³/mol. The molecule has 1 saturated heterocycles. The molecule has 14 heteroatoms. The molecule has 1 aliphatic carbocycles. The van der Waals surface area contributed by atoms with Gasteiger partial charge in [0.15, 0.2) is 0 Å². The smallest absolute Gasteiger partial charge is 0.284 e. The van der Waals surface area contributed by atoms with Gasteiger partial charge < -0.3 is 20.1 Å². The maximum atomic E-state index is 14.2. The minimum atomic E-state index is -3.97. The number of likely N-dealkylation sites (N-methyl/N-ethyl adjacent to an activating group) is 1. The van der Waals surface area contributed by atoms with Crippen molar-refractivity contribution in [3.05, 3.63) is 47.5 Å². The predicted octanol–water partition coefficient (Wildman–Crippen LogP) is 3.96. The van der Waals surface area contributed by atoms with Crippen LogP contribution in [0.15, 0.2) is 35.6 Å². The van der Waals surface area contributed by atoms with Gasteiger partial charge in [-0.2, -0.15) is 13.7 Å². The number of halogens is 1. The second kappa shape index (κ2) is 13.7. The van der Waals surface area contributed by atoms with Crippen LogP contribution in [-0.2, 0) is 34.3 Å². The fourth-order valence-electron chi connectivity index (χ4n) is 5.86. The van der Waals surface area contributed by atoms with Gasteiger partial charge >= 0.3 is 0 Å². The summed E-state index contributed by atoms with van der Waals surface area (Å²) < 4.78 is 50.7. The van der Waals surface area contributed by atoms with Crippen molar-refractivity contribution in [1.29, 1.82) is 0 Å². The number of aromatic nitrogens is 4. The Labute approximate surface area is 260 Å². The van der Waals surface area contributed by atoms with E-state index >= 15 is 0 Å². The Morgan fingerprint density at radius 3 is 2.80 bits per heavy atom. The Morgan fingerprint density at radius 1 is 1.23 bits per heavy atom. The summed E-state index contributed by atoms with van der Waals surface area (Å²) in [5.74, 6) is -0.167. The summed E-state index contributed by atoms with van der Waals surface area (Å²) in [4.78, 5) is 10.3. The number of ether oxygens (including phenoxy) is 1. The van der Waals surface area contributed by atoms with Crippen molar-refractivity contribution in [2.75, 3.05) is 51.8 Å². The minimum Gasteiger partial charge on any atom is -0.395 e. The van der Waals surface area contributed by atoms with E-state index in [-0.39, 0.29) is 30.4 Å². The van der Waals surface area contributed by atoms with E-state index < -0.39 is 24.0 Å². The SMILES string of the molecule is CN(CCO)C[C@H]1CCN(S(=O)(=O)c2nc(Nc3c(-c4ccnc(F)c4)ccc4c3CCC4)n(COCC[Si](C)(C)C)n2)C1. The van der Waals surface area contributed by atoms with Crippen LogP contribution in [0, 0.1) is 11.9 Å². The van der Waals surface area contributed by atoms with Gasteiger partial charge in [0.05, 0.1) is 12.3 Å². The summed E-state index contributed by atoms with van der Waals surface area (Å²) in [6.07, 6.45) is 4.93. The third-order valence-corrected chi connectivity index (χ3v) is 11.6. The number of fused-ring (bicyclic) bond motifs is 1. The van der Waals surface area contributed by atoms with Crippen LogP contribution in [0.1, 0.15) is 24.0 Å². The molecule has 1 atom stereocenters. The second-order valence-electron chi connectivity index (χ2n) is 13.0. The molecule has 1 aromatic carbocycles. The molecule has 0 radical (unpaired) electrons. The van der Waals surface area contributed by atoms with Crippen LogP contribution in [-0.4, -0.2) is 97.0 Å². The maximum absolute atomic E-state index is 14.2. The fraction of sp³-hybridized carbons (Fsp3) is 0.567. The van der Waals surface area contributed by atoms with Crippen molar-refractivity contribution in [3.8, 4) is 11.1 Å². The highest BCUT2D eigenvalue weighted by atomic mass is 32.2. The molecule has 2 aliphatic rings. The second-order valence-corrected chi connectivity index (χ2v) is 20.5. The first-order valence-corrected chi connectivity index (χ1v) is 20.4. The maximum Gasteiger partial charge on any atom is 0.284 e. The Hall–Kier alpha value is -2.75. The number of hydrogen-bond acceptors (Lipinski definition) is 9. The van der Waals surface area contributed by atoms with Gasteiger partial charge in [-0.05, 0) is 67.4 Å². The van der Waals surface area contributed by atoms with Crippen LogP contribution in [0.2, 0.25) is 25.7 Å². The number of aryl methyl sites for hydroxylation is 1. The van der Waals surface area contributed by atoms with Crippen LogP contribution in [0.4, 0.5) is 16.0 Å². The molecule has 3 heterocycles. The van der Waals surface area contributed by atoms with E-state index in [1.165, 1.54) is 26.8 Å². The van der Waals surface area contributed by atoms with Crippen molar-refractivity contribution in [2.45, 2.75) is 63.3 Å². The fourth-order valence-corrected chi connectivity index (χ4v) is 8.00. The Morgan fingerprint density at radius 2 is 2.05 bits per heavy atom. The molecule has 11 nitrogen and oxygen atoms in total. The summed E-state index contributed by atoms with van der Waals surface area (Å²) in [7, 11) is -3.39. The molecule has 240 valence electrons. The largest absolute Gasteiger partial charge is 0.395 e. The number of rotatable bonds is 14. The number of sulfonamides is 1. The molecule has 5 rings (SSSR count). The van der Waals surface area contributed by atoms with E-state index in [0.717, 1.165) is 48.5 Å². The number of nitrogens with one attached hydrogen (secondary N) is 1. The lowest BCUT2D eigenvalue weighted by Gasteiger charge is -2.20. The number of aliphatic hydroxyl groups excluding tert-OH is 1. The number of aliphatic hydroxyl groups is 1. The van der Waals surface area contributed by atoms with E-state index in [1.807, 2.05) is 18.0 Å². The molecule has 0 spiro atoms. The third kappa shape index (κ3) is 7.72. The Bertz CT molecular complexity index is 1560. The molecule has 0 saturated carbocycles. The molecule has 1 aliphatic heterocycles. The van der Waals surface area contributed by atoms with Gasteiger partial charge in [0.25, 0.3) is 15.2 Å². The zero-order valence-corrected chi connectivity index (χ0v) is 27.9. The van der Waals surface area contributed by atoms with Gasteiger partial charge in [0.2, 0.25) is 11.9 Å². The average molecular weight is 646 g/mol. The van der Waals surface area contributed by atoms with Gasteiger partial charge in [0, 0.05) is 58.7 Å². The van der Waals surface area contributed by atoms with E-state index in [9.17, 15) is 17.9 Å². The standard InChI is InChI=1S/C30H44FN7O4SSi/c1-36(14-15-39)19-22-11-13-37(20-22)43(40,41)30-34-29(38(35-30)21-42-16-17-44(2,3)4)33-28-25-7-5-6-23(25)8-9-26(28)24-10-12-32-27(31)18-24/h8-10,12,18,22,39H,5-7,11,13-17,19-21H2,1-4H3,(H,33,34,35)/t22-/m1/s1. The van der Waals surface area contributed by atoms with Gasteiger partial charge in [-0.3, -0.25) is 0 Å². The highest BCUT2D eigenvalue weighted by Crippen LogP contribution is 2.39. The summed E-state index contributed by atoms with van der Waals surface area (Å²) in [5, 5.41) is 16.8. The minimum absolute atomic E-state index is 0.0398. The van der Waals surface area contributed by atoms with Crippen molar-refractivity contribution >= 4 is 29.7 Å². The van der Waals surface area contributed by atoms with Crippen molar-refractivity contribution in [2.24, 2.45) is 5.92 Å². The van der Waals surface area contributed by atoms with Gasteiger partial charge in [-0.1, -0.05) is 31.8 Å². The molecule has 0 amide bonds. The van der Waals surface area contributed by atoms with Crippen LogP contribution in [0.5, 0.6) is 0 Å². The van der Waals surface area contributed by atoms with E-state index in [1.54, 1.807) is 6.07 Å². The first-order valence-electron chi connectivity index (χ1n) is 15.3. The van der Waals surface area contributed by atoms with Gasteiger partial charge in [-0.15, -0.1) is 5.10 Å². The summed E-state index contributed by atoms with van der Waals surface area (Å²) in [6.45, 7) is 9.44. The van der Waals surface area contributed by atoms with Crippen molar-refractivity contribution < 1.29 is 22.7 Å². The zero-order valence-electron chi connectivity index (χ0n) is 26.1. The lowest BCUT2D eigenvalue weighted by atomic mass is 9.98. The highest BCUT2D eigenvalue weighted by Gasteiger charge is 2.36. The van der Waals surface area contributed by atoms with Crippen LogP contribution >= 0.6 is 0 Å². The normalized spacial score (nSPS) is 17.5. The van der Waals surface area contributed by atoms with Gasteiger partial charge in [-0.25, -0.2) is 18.1 Å². The first-order chi connectivity index (χ1) is 20.9. The Balaban J connectivity index is 1.46. The monoisotopic (exact) mass is 645 g/mol. The molecule has 44 heavy (non-hydrogen) atoms. The Kier molecular flexibility index (Phi) is 10.2. The summed E-state index contributed by atoms with van der Waals surface area (Å²) >= 11 is 0. The van der Waals surface area contributed by atoms with Crippen LogP contribution in [0.3, 0.4) is 0 Å². The average Bonchev–Trinajstić information content (AvgIpc) is 3.71. The third-order valence-electron chi connectivity index (χ3n) is 8.29. The molecule has 2 aromatic heterocycles. The molecule has 0 bridgehead atoms. The van der Waals surface area contributed by atoms with Crippen molar-refractivity contribution in [3.63, 3.8) is 0 Å². The van der Waals surface area contributed by atoms with Crippen LogP contribution in [0.25, 0.3) is 11.1 Å². The number of pyridine rings is 1. The molecule has 3 aromatic rings. The summed E-state index contributed by atoms with van der Waals surface area (Å²) in [5.41, 5.74) is 4.51. The topological polar surface area (TPSA) is 126 Å². The molecule has 0 unspecified atom stereocenters. The number of benzene rings is 1. The highest BCUT2D eigenvalue weighted by molar-refractivity contribution is 7.89. The molecular formula is C30H44FN7O4SSi. The van der Waals surface area contributed by atoms with Crippen LogP contribution < -0.4 is 5.32 Å². The van der Waals surface area contributed by atoms with E-state index in [4.69, 9.17) is 4.74 Å².